The number of fused-ring (bicyclic) bond motifs is 1. The first-order chi connectivity index (χ1) is 6.47. The van der Waals surface area contributed by atoms with Gasteiger partial charge < -0.3 is 4.74 Å². The lowest BCUT2D eigenvalue weighted by atomic mass is 9.82. The Bertz CT molecular complexity index is 336. The molecule has 0 amide bonds. The van der Waals surface area contributed by atoms with Crippen molar-refractivity contribution in [2.75, 3.05) is 0 Å². The molecule has 1 aliphatic heterocycles. The molecular formula is C11H15NOS. The van der Waals surface area contributed by atoms with E-state index in [1.54, 1.807) is 0 Å². The molecule has 2 rings (SSSR count). The van der Waals surface area contributed by atoms with Crippen molar-refractivity contribution in [1.82, 2.24) is 0 Å². The highest BCUT2D eigenvalue weighted by Gasteiger charge is 2.30. The number of ether oxygens (including phenoxy) is 1. The van der Waals surface area contributed by atoms with Gasteiger partial charge in [0, 0.05) is 0 Å². The monoisotopic (exact) mass is 209 g/mol. The average molecular weight is 209 g/mol. The SMILES string of the molecule is CC(C)(C)C1=CC2N=C(S)OC2C=C1. The summed E-state index contributed by atoms with van der Waals surface area (Å²) in [7, 11) is 0. The molecule has 0 aromatic heterocycles. The molecule has 0 aromatic rings. The van der Waals surface area contributed by atoms with E-state index < -0.39 is 0 Å². The number of thiol groups is 1. The van der Waals surface area contributed by atoms with Crippen LogP contribution in [0.2, 0.25) is 0 Å². The Labute approximate surface area is 90.2 Å². The molecule has 0 radical (unpaired) electrons. The lowest BCUT2D eigenvalue weighted by Crippen LogP contribution is -2.23. The van der Waals surface area contributed by atoms with Gasteiger partial charge in [0.25, 0.3) is 0 Å². The van der Waals surface area contributed by atoms with E-state index >= 15 is 0 Å². The van der Waals surface area contributed by atoms with Gasteiger partial charge in [-0.1, -0.05) is 45.6 Å². The van der Waals surface area contributed by atoms with Crippen LogP contribution in [0.4, 0.5) is 0 Å². The van der Waals surface area contributed by atoms with E-state index in [2.05, 4.69) is 56.6 Å². The van der Waals surface area contributed by atoms with Crippen LogP contribution in [-0.4, -0.2) is 17.4 Å². The molecule has 0 spiro atoms. The third-order valence-electron chi connectivity index (χ3n) is 2.52. The fourth-order valence-corrected chi connectivity index (χ4v) is 1.90. The molecule has 2 atom stereocenters. The average Bonchev–Trinajstić information content (AvgIpc) is 2.41. The minimum atomic E-state index is 0.0635. The highest BCUT2D eigenvalue weighted by molar-refractivity contribution is 7.96. The Hall–Kier alpha value is -0.700. The van der Waals surface area contributed by atoms with E-state index in [1.807, 2.05) is 0 Å². The van der Waals surface area contributed by atoms with Gasteiger partial charge in [-0.15, -0.1) is 0 Å². The Balaban J connectivity index is 2.26. The lowest BCUT2D eigenvalue weighted by molar-refractivity contribution is 0.259. The van der Waals surface area contributed by atoms with Gasteiger partial charge in [-0.2, -0.15) is 0 Å². The maximum atomic E-state index is 5.41. The number of allylic oxidation sites excluding steroid dienone is 2. The number of hydrogen-bond acceptors (Lipinski definition) is 2. The van der Waals surface area contributed by atoms with Crippen LogP contribution in [-0.2, 0) is 4.74 Å². The summed E-state index contributed by atoms with van der Waals surface area (Å²) in [5.41, 5.74) is 1.49. The second-order valence-corrected chi connectivity index (χ2v) is 5.10. The van der Waals surface area contributed by atoms with E-state index in [0.29, 0.717) is 5.23 Å². The first kappa shape index (κ1) is 9.84. The summed E-state index contributed by atoms with van der Waals surface area (Å²) in [6, 6.07) is 0.127. The molecule has 0 saturated heterocycles. The van der Waals surface area contributed by atoms with Crippen LogP contribution in [0, 0.1) is 5.41 Å². The molecule has 2 nitrogen and oxygen atoms in total. The third kappa shape index (κ3) is 1.73. The number of aliphatic imine (C=N–C) groups is 1. The standard InChI is InChI=1S/C11H15NOS/c1-11(2,3)7-4-5-9-8(6-7)12-10(14)13-9/h4-6,8-9H,1-3H3,(H,12,14). The second kappa shape index (κ2) is 3.16. The normalized spacial score (nSPS) is 30.6. The van der Waals surface area contributed by atoms with Gasteiger partial charge in [0.1, 0.15) is 12.1 Å². The van der Waals surface area contributed by atoms with Crippen LogP contribution in [0.1, 0.15) is 20.8 Å². The van der Waals surface area contributed by atoms with Crippen molar-refractivity contribution in [3.63, 3.8) is 0 Å². The molecule has 2 aliphatic rings. The van der Waals surface area contributed by atoms with E-state index in [-0.39, 0.29) is 17.6 Å². The summed E-state index contributed by atoms with van der Waals surface area (Å²) < 4.78 is 5.41. The van der Waals surface area contributed by atoms with Crippen molar-refractivity contribution >= 4 is 17.9 Å². The molecule has 3 heteroatoms. The zero-order chi connectivity index (χ0) is 10.3. The molecule has 2 unspecified atom stereocenters. The zero-order valence-electron chi connectivity index (χ0n) is 8.69. The Kier molecular flexibility index (Phi) is 2.22. The van der Waals surface area contributed by atoms with Crippen LogP contribution in [0.25, 0.3) is 0 Å². The van der Waals surface area contributed by atoms with E-state index in [4.69, 9.17) is 4.74 Å². The Morgan fingerprint density at radius 3 is 2.79 bits per heavy atom. The lowest BCUT2D eigenvalue weighted by Gasteiger charge is -2.25. The van der Waals surface area contributed by atoms with Crippen molar-refractivity contribution in [3.8, 4) is 0 Å². The molecular weight excluding hydrogens is 194 g/mol. The summed E-state index contributed by atoms with van der Waals surface area (Å²) in [6.07, 6.45) is 6.43. The summed E-state index contributed by atoms with van der Waals surface area (Å²) in [6.45, 7) is 6.60. The van der Waals surface area contributed by atoms with Crippen molar-refractivity contribution in [2.24, 2.45) is 10.4 Å². The van der Waals surface area contributed by atoms with Gasteiger partial charge in [-0.3, -0.25) is 0 Å². The summed E-state index contributed by atoms with van der Waals surface area (Å²) >= 11 is 4.11. The molecule has 76 valence electrons. The Morgan fingerprint density at radius 1 is 1.43 bits per heavy atom. The number of rotatable bonds is 0. The van der Waals surface area contributed by atoms with Gasteiger partial charge >= 0.3 is 0 Å². The molecule has 0 aromatic carbocycles. The second-order valence-electron chi connectivity index (χ2n) is 4.72. The van der Waals surface area contributed by atoms with E-state index in [0.717, 1.165) is 0 Å². The van der Waals surface area contributed by atoms with Crippen LogP contribution in [0.3, 0.4) is 0 Å². The van der Waals surface area contributed by atoms with Crippen LogP contribution in [0.5, 0.6) is 0 Å². The minimum Gasteiger partial charge on any atom is -0.463 e. The zero-order valence-corrected chi connectivity index (χ0v) is 9.58. The van der Waals surface area contributed by atoms with Crippen LogP contribution < -0.4 is 0 Å². The van der Waals surface area contributed by atoms with Gasteiger partial charge in [-0.05, 0) is 17.1 Å². The van der Waals surface area contributed by atoms with Crippen molar-refractivity contribution in [3.05, 3.63) is 23.8 Å². The van der Waals surface area contributed by atoms with Crippen LogP contribution in [0.15, 0.2) is 28.8 Å². The summed E-state index contributed by atoms with van der Waals surface area (Å²) in [4.78, 5) is 4.31. The van der Waals surface area contributed by atoms with Crippen LogP contribution >= 0.6 is 12.6 Å². The maximum absolute atomic E-state index is 5.41. The van der Waals surface area contributed by atoms with Crippen molar-refractivity contribution in [1.29, 1.82) is 0 Å². The molecule has 0 bridgehead atoms. The largest absolute Gasteiger partial charge is 0.463 e. The summed E-state index contributed by atoms with van der Waals surface area (Å²) in [5.74, 6) is 0. The highest BCUT2D eigenvalue weighted by atomic mass is 32.1. The third-order valence-corrected chi connectivity index (χ3v) is 2.74. The van der Waals surface area contributed by atoms with Gasteiger partial charge in [0.05, 0.1) is 0 Å². The minimum absolute atomic E-state index is 0.0635. The topological polar surface area (TPSA) is 21.6 Å². The molecule has 0 fully saturated rings. The van der Waals surface area contributed by atoms with Crippen molar-refractivity contribution < 1.29 is 4.74 Å². The van der Waals surface area contributed by atoms with E-state index in [1.165, 1.54) is 5.57 Å². The molecule has 1 aliphatic carbocycles. The van der Waals surface area contributed by atoms with E-state index in [9.17, 15) is 0 Å². The van der Waals surface area contributed by atoms with Gasteiger partial charge in [0.2, 0.25) is 5.23 Å². The maximum Gasteiger partial charge on any atom is 0.244 e. The summed E-state index contributed by atoms with van der Waals surface area (Å²) in [5, 5.41) is 0.496. The first-order valence-electron chi connectivity index (χ1n) is 4.81. The quantitative estimate of drug-likeness (QED) is 0.608. The van der Waals surface area contributed by atoms with Gasteiger partial charge in [-0.25, -0.2) is 4.99 Å². The Morgan fingerprint density at radius 2 is 2.14 bits per heavy atom. The fourth-order valence-electron chi connectivity index (χ4n) is 1.65. The number of nitrogens with zero attached hydrogens (tertiary/aromatic N) is 1. The molecule has 0 N–H and O–H groups in total. The predicted octanol–water partition coefficient (Wildman–Crippen LogP) is 2.58. The fraction of sp³-hybridized carbons (Fsp3) is 0.545. The molecule has 14 heavy (non-hydrogen) atoms. The molecule has 0 saturated carbocycles. The predicted molar refractivity (Wildman–Crippen MR) is 61.8 cm³/mol. The van der Waals surface area contributed by atoms with Crippen molar-refractivity contribution in [2.45, 2.75) is 32.9 Å². The number of hydrogen-bond donors (Lipinski definition) is 1. The first-order valence-corrected chi connectivity index (χ1v) is 5.25. The highest BCUT2D eigenvalue weighted by Crippen LogP contribution is 2.32. The van der Waals surface area contributed by atoms with Gasteiger partial charge in [0.15, 0.2) is 0 Å². The smallest absolute Gasteiger partial charge is 0.244 e. The molecule has 1 heterocycles.